The van der Waals surface area contributed by atoms with E-state index >= 15 is 0 Å². The molecule has 0 atom stereocenters. The molecule has 1 radical (unpaired) electrons. The highest BCUT2D eigenvalue weighted by Crippen LogP contribution is 2.12. The molecule has 0 aliphatic carbocycles. The molecule has 0 aromatic heterocycles. The van der Waals surface area contributed by atoms with E-state index in [9.17, 15) is 5.11 Å². The Morgan fingerprint density at radius 2 is 1.92 bits per heavy atom. The summed E-state index contributed by atoms with van der Waals surface area (Å²) >= 11 is 0. The van der Waals surface area contributed by atoms with Gasteiger partial charge < -0.3 is 4.74 Å². The van der Waals surface area contributed by atoms with E-state index in [2.05, 4.69) is 6.92 Å². The van der Waals surface area contributed by atoms with Crippen LogP contribution < -0.4 is 4.74 Å². The highest BCUT2D eigenvalue weighted by molar-refractivity contribution is 5.26. The van der Waals surface area contributed by atoms with E-state index in [1.165, 1.54) is 0 Å². The van der Waals surface area contributed by atoms with Crippen LogP contribution in [0.2, 0.25) is 0 Å². The Bertz CT molecular complexity index is 216. The van der Waals surface area contributed by atoms with Crippen molar-refractivity contribution in [2.75, 3.05) is 6.61 Å². The van der Waals surface area contributed by atoms with Gasteiger partial charge in [0.2, 0.25) is 0 Å². The SMILES string of the molecule is CCCOc1ccc(C[O])cc1. The Hall–Kier alpha value is -1.02. The Balaban J connectivity index is 2.53. The fraction of sp³-hybridized carbons (Fsp3) is 0.400. The predicted molar refractivity (Wildman–Crippen MR) is 46.6 cm³/mol. The van der Waals surface area contributed by atoms with E-state index in [1.54, 1.807) is 12.1 Å². The Labute approximate surface area is 72.8 Å². The zero-order valence-electron chi connectivity index (χ0n) is 7.25. The van der Waals surface area contributed by atoms with Crippen molar-refractivity contribution in [3.63, 3.8) is 0 Å². The Kier molecular flexibility index (Phi) is 3.61. The molecule has 0 saturated heterocycles. The summed E-state index contributed by atoms with van der Waals surface area (Å²) in [6.45, 7) is 2.64. The largest absolute Gasteiger partial charge is 0.494 e. The van der Waals surface area contributed by atoms with Crippen molar-refractivity contribution in [3.05, 3.63) is 29.8 Å². The van der Waals surface area contributed by atoms with Gasteiger partial charge in [0, 0.05) is 0 Å². The van der Waals surface area contributed by atoms with Gasteiger partial charge in [-0.2, -0.15) is 0 Å². The van der Waals surface area contributed by atoms with Gasteiger partial charge in [-0.15, -0.1) is 0 Å². The molecular weight excluding hydrogens is 152 g/mol. The molecule has 0 amide bonds. The van der Waals surface area contributed by atoms with Gasteiger partial charge in [0.15, 0.2) is 0 Å². The standard InChI is InChI=1S/C10H13O2/c1-2-7-12-10-5-3-9(8-11)4-6-10/h3-6H,2,7-8H2,1H3. The quantitative estimate of drug-likeness (QED) is 0.673. The first-order valence-electron chi connectivity index (χ1n) is 4.16. The maximum Gasteiger partial charge on any atom is 0.119 e. The highest BCUT2D eigenvalue weighted by Gasteiger charge is 1.93. The maximum atomic E-state index is 10.4. The summed E-state index contributed by atoms with van der Waals surface area (Å²) < 4.78 is 5.35. The van der Waals surface area contributed by atoms with Crippen LogP contribution in [0, 0.1) is 0 Å². The topological polar surface area (TPSA) is 29.1 Å². The molecule has 0 aliphatic rings. The fourth-order valence-corrected chi connectivity index (χ4v) is 0.902. The number of ether oxygens (including phenoxy) is 1. The monoisotopic (exact) mass is 165 g/mol. The first-order chi connectivity index (χ1) is 5.86. The van der Waals surface area contributed by atoms with Gasteiger partial charge in [-0.05, 0) is 24.1 Å². The van der Waals surface area contributed by atoms with Crippen LogP contribution in [0.25, 0.3) is 0 Å². The average Bonchev–Trinajstić information content (AvgIpc) is 2.15. The summed E-state index contributed by atoms with van der Waals surface area (Å²) in [6, 6.07) is 7.28. The first kappa shape index (κ1) is 9.07. The third-order valence-corrected chi connectivity index (χ3v) is 1.56. The molecule has 0 heterocycles. The lowest BCUT2D eigenvalue weighted by molar-refractivity contribution is 0.177. The molecular formula is C10H13O2. The van der Waals surface area contributed by atoms with Crippen LogP contribution in [0.3, 0.4) is 0 Å². The average molecular weight is 165 g/mol. The summed E-state index contributed by atoms with van der Waals surface area (Å²) in [4.78, 5) is 0. The number of rotatable bonds is 4. The summed E-state index contributed by atoms with van der Waals surface area (Å²) in [7, 11) is 0. The van der Waals surface area contributed by atoms with Gasteiger partial charge in [-0.1, -0.05) is 19.1 Å². The second-order valence-corrected chi connectivity index (χ2v) is 2.64. The maximum absolute atomic E-state index is 10.4. The van der Waals surface area contributed by atoms with Crippen LogP contribution in [-0.4, -0.2) is 6.61 Å². The molecule has 1 rings (SSSR count). The minimum atomic E-state index is -0.159. The third kappa shape index (κ3) is 2.55. The summed E-state index contributed by atoms with van der Waals surface area (Å²) in [6.07, 6.45) is 1.00. The van der Waals surface area contributed by atoms with E-state index in [0.717, 1.165) is 24.3 Å². The van der Waals surface area contributed by atoms with Crippen molar-refractivity contribution in [2.45, 2.75) is 20.0 Å². The van der Waals surface area contributed by atoms with Crippen molar-refractivity contribution in [1.82, 2.24) is 0 Å². The molecule has 12 heavy (non-hydrogen) atoms. The van der Waals surface area contributed by atoms with Crippen LogP contribution in [0.4, 0.5) is 0 Å². The van der Waals surface area contributed by atoms with Gasteiger partial charge in [0.1, 0.15) is 12.4 Å². The number of hydrogen-bond donors (Lipinski definition) is 0. The predicted octanol–water partition coefficient (Wildman–Crippen LogP) is 2.41. The van der Waals surface area contributed by atoms with Crippen LogP contribution >= 0.6 is 0 Å². The van der Waals surface area contributed by atoms with Crippen molar-refractivity contribution < 1.29 is 9.84 Å². The first-order valence-corrected chi connectivity index (χ1v) is 4.16. The van der Waals surface area contributed by atoms with Crippen molar-refractivity contribution in [2.24, 2.45) is 0 Å². The molecule has 65 valence electrons. The molecule has 2 heteroatoms. The second kappa shape index (κ2) is 4.78. The highest BCUT2D eigenvalue weighted by atomic mass is 16.5. The van der Waals surface area contributed by atoms with Crippen LogP contribution in [0.15, 0.2) is 24.3 Å². The van der Waals surface area contributed by atoms with Crippen LogP contribution in [0.5, 0.6) is 5.75 Å². The molecule has 0 N–H and O–H groups in total. The molecule has 0 saturated carbocycles. The van der Waals surface area contributed by atoms with E-state index in [4.69, 9.17) is 4.74 Å². The molecule has 1 aromatic carbocycles. The zero-order valence-corrected chi connectivity index (χ0v) is 7.25. The summed E-state index contributed by atoms with van der Waals surface area (Å²) in [5.41, 5.74) is 0.804. The molecule has 0 fully saturated rings. The fourth-order valence-electron chi connectivity index (χ4n) is 0.902. The number of benzene rings is 1. The molecule has 2 nitrogen and oxygen atoms in total. The van der Waals surface area contributed by atoms with Gasteiger partial charge in [0.05, 0.1) is 6.61 Å². The molecule has 1 aromatic rings. The van der Waals surface area contributed by atoms with Crippen molar-refractivity contribution in [3.8, 4) is 5.75 Å². The lowest BCUT2D eigenvalue weighted by Gasteiger charge is -2.03. The van der Waals surface area contributed by atoms with Crippen LogP contribution in [-0.2, 0) is 11.7 Å². The number of hydrogen-bond acceptors (Lipinski definition) is 1. The van der Waals surface area contributed by atoms with E-state index in [1.807, 2.05) is 12.1 Å². The van der Waals surface area contributed by atoms with Gasteiger partial charge in [-0.3, -0.25) is 0 Å². The lowest BCUT2D eigenvalue weighted by Crippen LogP contribution is -1.94. The van der Waals surface area contributed by atoms with Crippen molar-refractivity contribution in [1.29, 1.82) is 0 Å². The van der Waals surface area contributed by atoms with Gasteiger partial charge in [-0.25, -0.2) is 5.11 Å². The molecule has 0 spiro atoms. The Morgan fingerprint density at radius 1 is 1.25 bits per heavy atom. The molecule has 0 unspecified atom stereocenters. The van der Waals surface area contributed by atoms with E-state index in [-0.39, 0.29) is 6.61 Å². The second-order valence-electron chi connectivity index (χ2n) is 2.64. The molecule has 0 bridgehead atoms. The summed E-state index contributed by atoms with van der Waals surface area (Å²) in [5.74, 6) is 0.842. The zero-order chi connectivity index (χ0) is 8.81. The minimum absolute atomic E-state index is 0.159. The van der Waals surface area contributed by atoms with E-state index < -0.39 is 0 Å². The Morgan fingerprint density at radius 3 is 2.42 bits per heavy atom. The van der Waals surface area contributed by atoms with E-state index in [0.29, 0.717) is 0 Å². The van der Waals surface area contributed by atoms with Gasteiger partial charge >= 0.3 is 0 Å². The molecule has 0 aliphatic heterocycles. The smallest absolute Gasteiger partial charge is 0.119 e. The van der Waals surface area contributed by atoms with Crippen molar-refractivity contribution >= 4 is 0 Å². The summed E-state index contributed by atoms with van der Waals surface area (Å²) in [5, 5.41) is 10.4. The van der Waals surface area contributed by atoms with Crippen LogP contribution in [0.1, 0.15) is 18.9 Å². The normalized spacial score (nSPS) is 9.83. The minimum Gasteiger partial charge on any atom is -0.494 e. The lowest BCUT2D eigenvalue weighted by atomic mass is 10.2. The third-order valence-electron chi connectivity index (χ3n) is 1.56. The van der Waals surface area contributed by atoms with Gasteiger partial charge in [0.25, 0.3) is 0 Å².